The first-order valence-electron chi connectivity index (χ1n) is 9.70. The molecule has 0 spiro atoms. The first-order chi connectivity index (χ1) is 12.7. The van der Waals surface area contributed by atoms with Crippen molar-refractivity contribution in [3.8, 4) is 5.75 Å². The third-order valence-electron chi connectivity index (χ3n) is 5.59. The predicted octanol–water partition coefficient (Wildman–Crippen LogP) is 3.30. The third kappa shape index (κ3) is 3.87. The Morgan fingerprint density at radius 1 is 1.12 bits per heavy atom. The molecule has 4 nitrogen and oxygen atoms in total. The van der Waals surface area contributed by atoms with E-state index in [2.05, 4.69) is 59.6 Å². The lowest BCUT2D eigenvalue weighted by atomic mass is 10.0. The Kier molecular flexibility index (Phi) is 5.14. The molecule has 2 aliphatic heterocycles. The molecule has 1 fully saturated rings. The molecule has 2 aromatic rings. The second-order valence-corrected chi connectivity index (χ2v) is 7.49. The minimum Gasteiger partial charge on any atom is -0.488 e. The number of aliphatic hydroxyl groups excluding tert-OH is 1. The minimum atomic E-state index is -0.126. The molecule has 2 heterocycles. The van der Waals surface area contributed by atoms with Crippen LogP contribution >= 0.6 is 0 Å². The van der Waals surface area contributed by atoms with Crippen molar-refractivity contribution in [2.45, 2.75) is 44.4 Å². The summed E-state index contributed by atoms with van der Waals surface area (Å²) >= 11 is 0. The number of rotatable bonds is 5. The molecular weight excluding hydrogens is 324 g/mol. The van der Waals surface area contributed by atoms with Crippen LogP contribution in [0.15, 0.2) is 48.5 Å². The number of fused-ring (bicyclic) bond motifs is 1. The fraction of sp³-hybridized carbons (Fsp3) is 0.455. The summed E-state index contributed by atoms with van der Waals surface area (Å²) in [6.45, 7) is 4.93. The van der Waals surface area contributed by atoms with Gasteiger partial charge in [0.05, 0.1) is 6.10 Å². The molecule has 2 N–H and O–H groups in total. The van der Waals surface area contributed by atoms with Gasteiger partial charge < -0.3 is 20.1 Å². The second kappa shape index (κ2) is 7.68. The Morgan fingerprint density at radius 3 is 2.58 bits per heavy atom. The highest BCUT2D eigenvalue weighted by Crippen LogP contribution is 2.28. The van der Waals surface area contributed by atoms with Gasteiger partial charge in [-0.3, -0.25) is 0 Å². The number of benzene rings is 2. The van der Waals surface area contributed by atoms with Crippen LogP contribution in [0.3, 0.4) is 0 Å². The summed E-state index contributed by atoms with van der Waals surface area (Å²) < 4.78 is 6.01. The van der Waals surface area contributed by atoms with Crippen LogP contribution in [0.5, 0.6) is 5.75 Å². The molecule has 0 aromatic heterocycles. The topological polar surface area (TPSA) is 44.7 Å². The molecule has 1 saturated heterocycles. The second-order valence-electron chi connectivity index (χ2n) is 7.49. The molecule has 2 aromatic carbocycles. The van der Waals surface area contributed by atoms with Gasteiger partial charge in [0.15, 0.2) is 0 Å². The van der Waals surface area contributed by atoms with Gasteiger partial charge in [-0.1, -0.05) is 30.3 Å². The Hall–Kier alpha value is -2.04. The van der Waals surface area contributed by atoms with Crippen LogP contribution in [-0.4, -0.2) is 36.9 Å². The largest absolute Gasteiger partial charge is 0.488 e. The third-order valence-corrected chi connectivity index (χ3v) is 5.59. The standard InChI is InChI=1S/C22H28N2O2/c1-16(23-15-21-14-18-4-2-3-5-22(18)26-21)17-6-8-19(9-7-17)24-12-10-20(25)11-13-24/h2-9,16,20-21,23,25H,10-15H2,1H3/t16-,21-/m1/s1. The zero-order valence-corrected chi connectivity index (χ0v) is 15.4. The van der Waals surface area contributed by atoms with E-state index >= 15 is 0 Å². The summed E-state index contributed by atoms with van der Waals surface area (Å²) in [5, 5.41) is 13.3. The van der Waals surface area contributed by atoms with Gasteiger partial charge in [-0.25, -0.2) is 0 Å². The SMILES string of the molecule is C[C@@H](NC[C@H]1Cc2ccccc2O1)c1ccc(N2CCC(O)CC2)cc1. The molecule has 0 saturated carbocycles. The summed E-state index contributed by atoms with van der Waals surface area (Å²) in [7, 11) is 0. The monoisotopic (exact) mass is 352 g/mol. The Balaban J connectivity index is 1.29. The van der Waals surface area contributed by atoms with Gasteiger partial charge in [0.25, 0.3) is 0 Å². The summed E-state index contributed by atoms with van der Waals surface area (Å²) in [6.07, 6.45) is 2.80. The normalized spacial score (nSPS) is 21.3. The Labute approximate surface area is 155 Å². The lowest BCUT2D eigenvalue weighted by Crippen LogP contribution is -2.35. The van der Waals surface area contributed by atoms with Crippen molar-refractivity contribution in [2.75, 3.05) is 24.5 Å². The van der Waals surface area contributed by atoms with Crippen molar-refractivity contribution in [1.82, 2.24) is 5.32 Å². The van der Waals surface area contributed by atoms with Crippen LogP contribution in [0.25, 0.3) is 0 Å². The van der Waals surface area contributed by atoms with Gasteiger partial charge >= 0.3 is 0 Å². The van der Waals surface area contributed by atoms with Crippen LogP contribution < -0.4 is 15.0 Å². The maximum absolute atomic E-state index is 9.65. The number of anilines is 1. The van der Waals surface area contributed by atoms with E-state index in [1.165, 1.54) is 16.8 Å². The lowest BCUT2D eigenvalue weighted by molar-refractivity contribution is 0.145. The number of hydrogen-bond donors (Lipinski definition) is 2. The molecule has 4 rings (SSSR count). The summed E-state index contributed by atoms with van der Waals surface area (Å²) in [5.41, 5.74) is 3.85. The average molecular weight is 352 g/mol. The Bertz CT molecular complexity index is 698. The maximum Gasteiger partial charge on any atom is 0.123 e. The zero-order valence-electron chi connectivity index (χ0n) is 15.4. The van der Waals surface area contributed by atoms with E-state index in [1.807, 2.05) is 6.07 Å². The summed E-state index contributed by atoms with van der Waals surface area (Å²) in [5.74, 6) is 1.03. The summed E-state index contributed by atoms with van der Waals surface area (Å²) in [6, 6.07) is 17.4. The molecule has 26 heavy (non-hydrogen) atoms. The molecule has 4 heteroatoms. The van der Waals surface area contributed by atoms with Gasteiger partial charge in [-0.05, 0) is 49.1 Å². The molecule has 0 aliphatic carbocycles. The Morgan fingerprint density at radius 2 is 1.85 bits per heavy atom. The predicted molar refractivity (Wildman–Crippen MR) is 105 cm³/mol. The molecule has 0 amide bonds. The van der Waals surface area contributed by atoms with Gasteiger partial charge in [0.1, 0.15) is 11.9 Å². The minimum absolute atomic E-state index is 0.126. The molecule has 2 atom stereocenters. The van der Waals surface area contributed by atoms with Crippen molar-refractivity contribution < 1.29 is 9.84 Å². The highest BCUT2D eigenvalue weighted by Gasteiger charge is 2.22. The number of para-hydroxylation sites is 1. The van der Waals surface area contributed by atoms with E-state index in [-0.39, 0.29) is 12.2 Å². The van der Waals surface area contributed by atoms with Crippen LogP contribution in [0.4, 0.5) is 5.69 Å². The first-order valence-corrected chi connectivity index (χ1v) is 9.70. The number of piperidine rings is 1. The van der Waals surface area contributed by atoms with E-state index in [4.69, 9.17) is 4.74 Å². The maximum atomic E-state index is 9.65. The number of ether oxygens (including phenoxy) is 1. The number of hydrogen-bond acceptors (Lipinski definition) is 4. The van der Waals surface area contributed by atoms with E-state index in [0.717, 1.165) is 44.6 Å². The van der Waals surface area contributed by atoms with Gasteiger partial charge in [-0.15, -0.1) is 0 Å². The summed E-state index contributed by atoms with van der Waals surface area (Å²) in [4.78, 5) is 2.36. The van der Waals surface area contributed by atoms with Crippen molar-refractivity contribution in [1.29, 1.82) is 0 Å². The van der Waals surface area contributed by atoms with Crippen molar-refractivity contribution in [2.24, 2.45) is 0 Å². The van der Waals surface area contributed by atoms with E-state index in [0.29, 0.717) is 6.04 Å². The van der Waals surface area contributed by atoms with Gasteiger partial charge in [-0.2, -0.15) is 0 Å². The molecule has 138 valence electrons. The number of nitrogens with one attached hydrogen (secondary N) is 1. The van der Waals surface area contributed by atoms with E-state index in [9.17, 15) is 5.11 Å². The quantitative estimate of drug-likeness (QED) is 0.867. The molecule has 0 unspecified atom stereocenters. The molecule has 0 bridgehead atoms. The van der Waals surface area contributed by atoms with Crippen molar-refractivity contribution >= 4 is 5.69 Å². The van der Waals surface area contributed by atoms with Crippen LogP contribution in [-0.2, 0) is 6.42 Å². The molecule has 2 aliphatic rings. The first kappa shape index (κ1) is 17.4. The number of aliphatic hydroxyl groups is 1. The average Bonchev–Trinajstić information content (AvgIpc) is 3.10. The van der Waals surface area contributed by atoms with Gasteiger partial charge in [0.2, 0.25) is 0 Å². The van der Waals surface area contributed by atoms with Crippen LogP contribution in [0.2, 0.25) is 0 Å². The van der Waals surface area contributed by atoms with Crippen molar-refractivity contribution in [3.63, 3.8) is 0 Å². The fourth-order valence-corrected chi connectivity index (χ4v) is 3.89. The number of nitrogens with zero attached hydrogens (tertiary/aromatic N) is 1. The highest BCUT2D eigenvalue weighted by molar-refractivity contribution is 5.48. The lowest BCUT2D eigenvalue weighted by Gasteiger charge is -2.31. The van der Waals surface area contributed by atoms with Gasteiger partial charge in [0, 0.05) is 37.8 Å². The van der Waals surface area contributed by atoms with E-state index in [1.54, 1.807) is 0 Å². The molecular formula is C22H28N2O2. The van der Waals surface area contributed by atoms with Crippen LogP contribution in [0, 0.1) is 0 Å². The smallest absolute Gasteiger partial charge is 0.123 e. The van der Waals surface area contributed by atoms with Crippen LogP contribution in [0.1, 0.15) is 36.9 Å². The van der Waals surface area contributed by atoms with Crippen molar-refractivity contribution in [3.05, 3.63) is 59.7 Å². The van der Waals surface area contributed by atoms with E-state index < -0.39 is 0 Å². The molecule has 0 radical (unpaired) electrons. The fourth-order valence-electron chi connectivity index (χ4n) is 3.89. The highest BCUT2D eigenvalue weighted by atomic mass is 16.5. The zero-order chi connectivity index (χ0) is 17.9.